The van der Waals surface area contributed by atoms with Gasteiger partial charge in [0.25, 0.3) is 5.91 Å². The van der Waals surface area contributed by atoms with Gasteiger partial charge in [-0.25, -0.2) is 0 Å². The molecule has 1 N–H and O–H groups in total. The van der Waals surface area contributed by atoms with Crippen molar-refractivity contribution >= 4 is 11.6 Å². The number of amides is 1. The molecule has 0 aromatic heterocycles. The van der Waals surface area contributed by atoms with Crippen LogP contribution in [-0.4, -0.2) is 23.9 Å². The zero-order chi connectivity index (χ0) is 24.1. The Morgan fingerprint density at radius 3 is 2.47 bits per heavy atom. The number of nitrogens with zero attached hydrogens (tertiary/aromatic N) is 1. The first-order chi connectivity index (χ1) is 16.3. The molecule has 1 amide bonds. The molecule has 178 valence electrons. The van der Waals surface area contributed by atoms with Gasteiger partial charge in [-0.3, -0.25) is 9.69 Å². The van der Waals surface area contributed by atoms with E-state index in [1.807, 2.05) is 12.1 Å². The van der Waals surface area contributed by atoms with E-state index in [1.54, 1.807) is 24.3 Å². The lowest BCUT2D eigenvalue weighted by Gasteiger charge is -2.29. The van der Waals surface area contributed by atoms with Gasteiger partial charge in [0.2, 0.25) is 0 Å². The zero-order valence-corrected chi connectivity index (χ0v) is 19.3. The van der Waals surface area contributed by atoms with E-state index >= 15 is 0 Å². The van der Waals surface area contributed by atoms with Crippen LogP contribution in [0.5, 0.6) is 0 Å². The zero-order valence-electron chi connectivity index (χ0n) is 19.3. The molecule has 0 saturated carbocycles. The van der Waals surface area contributed by atoms with Crippen molar-refractivity contribution in [1.82, 2.24) is 4.90 Å². The summed E-state index contributed by atoms with van der Waals surface area (Å²) < 4.78 is 38.7. The maximum absolute atomic E-state index is 13.1. The molecule has 0 atom stereocenters. The van der Waals surface area contributed by atoms with Crippen molar-refractivity contribution in [2.75, 3.05) is 18.4 Å². The molecule has 3 aromatic carbocycles. The first kappa shape index (κ1) is 24.0. The van der Waals surface area contributed by atoms with E-state index in [0.717, 1.165) is 43.9 Å². The second-order valence-corrected chi connectivity index (χ2v) is 8.79. The number of nitrogens with one attached hydrogen (secondary N) is 1. The first-order valence-electron chi connectivity index (χ1n) is 11.8. The summed E-state index contributed by atoms with van der Waals surface area (Å²) >= 11 is 0. The molecule has 0 fully saturated rings. The minimum Gasteiger partial charge on any atom is -0.322 e. The first-order valence-corrected chi connectivity index (χ1v) is 11.8. The van der Waals surface area contributed by atoms with E-state index in [4.69, 9.17) is 0 Å². The summed E-state index contributed by atoms with van der Waals surface area (Å²) in [7, 11) is 0. The highest BCUT2D eigenvalue weighted by atomic mass is 19.4. The van der Waals surface area contributed by atoms with E-state index in [2.05, 4.69) is 23.2 Å². The molecule has 1 aliphatic heterocycles. The molecule has 0 spiro atoms. The van der Waals surface area contributed by atoms with Crippen molar-refractivity contribution in [3.8, 4) is 11.1 Å². The number of benzene rings is 3. The molecule has 1 aliphatic rings. The summed E-state index contributed by atoms with van der Waals surface area (Å²) in [5.74, 6) is -0.285. The predicted octanol–water partition coefficient (Wildman–Crippen LogP) is 7.17. The van der Waals surface area contributed by atoms with Crippen LogP contribution >= 0.6 is 0 Å². The van der Waals surface area contributed by atoms with Crippen LogP contribution < -0.4 is 5.32 Å². The quantitative estimate of drug-likeness (QED) is 0.374. The van der Waals surface area contributed by atoms with Crippen LogP contribution in [0.2, 0.25) is 0 Å². The van der Waals surface area contributed by atoms with Crippen LogP contribution in [0.15, 0.2) is 66.7 Å². The Hall–Kier alpha value is -3.12. The Kier molecular flexibility index (Phi) is 7.37. The Morgan fingerprint density at radius 1 is 0.971 bits per heavy atom. The second-order valence-electron chi connectivity index (χ2n) is 8.79. The molecule has 0 unspecified atom stereocenters. The lowest BCUT2D eigenvalue weighted by molar-refractivity contribution is -0.137. The fourth-order valence-electron chi connectivity index (χ4n) is 4.44. The van der Waals surface area contributed by atoms with E-state index in [1.165, 1.54) is 42.5 Å². The smallest absolute Gasteiger partial charge is 0.322 e. The topological polar surface area (TPSA) is 32.3 Å². The van der Waals surface area contributed by atoms with E-state index < -0.39 is 11.7 Å². The normalized spacial score (nSPS) is 14.0. The van der Waals surface area contributed by atoms with Crippen molar-refractivity contribution in [2.24, 2.45) is 0 Å². The van der Waals surface area contributed by atoms with Gasteiger partial charge in [0.1, 0.15) is 0 Å². The van der Waals surface area contributed by atoms with Crippen LogP contribution in [0.3, 0.4) is 0 Å². The number of anilines is 1. The summed E-state index contributed by atoms with van der Waals surface area (Å²) in [4.78, 5) is 15.6. The molecule has 4 rings (SSSR count). The molecular formula is C28H29F3N2O. The van der Waals surface area contributed by atoms with Gasteiger partial charge in [0.05, 0.1) is 5.56 Å². The predicted molar refractivity (Wildman–Crippen MR) is 130 cm³/mol. The SMILES string of the molecule is CCCCCN1CCc2cc(NC(=O)c3ccccc3-c3ccc(C(F)(F)F)cc3)ccc2C1. The van der Waals surface area contributed by atoms with Crippen LogP contribution in [-0.2, 0) is 19.1 Å². The van der Waals surface area contributed by atoms with Gasteiger partial charge >= 0.3 is 6.18 Å². The molecule has 34 heavy (non-hydrogen) atoms. The van der Waals surface area contributed by atoms with E-state index in [9.17, 15) is 18.0 Å². The van der Waals surface area contributed by atoms with Gasteiger partial charge < -0.3 is 5.32 Å². The largest absolute Gasteiger partial charge is 0.416 e. The fourth-order valence-corrected chi connectivity index (χ4v) is 4.44. The van der Waals surface area contributed by atoms with Crippen molar-refractivity contribution < 1.29 is 18.0 Å². The monoisotopic (exact) mass is 466 g/mol. The lowest BCUT2D eigenvalue weighted by atomic mass is 9.97. The minimum absolute atomic E-state index is 0.285. The summed E-state index contributed by atoms with van der Waals surface area (Å²) in [5, 5.41) is 2.97. The molecule has 0 aliphatic carbocycles. The third-order valence-electron chi connectivity index (χ3n) is 6.33. The lowest BCUT2D eigenvalue weighted by Crippen LogP contribution is -2.31. The fraction of sp³-hybridized carbons (Fsp3) is 0.321. The average molecular weight is 467 g/mol. The highest BCUT2D eigenvalue weighted by Gasteiger charge is 2.30. The number of carbonyl (C=O) groups is 1. The summed E-state index contributed by atoms with van der Waals surface area (Å²) in [6, 6.07) is 17.9. The van der Waals surface area contributed by atoms with Crippen molar-refractivity contribution in [3.63, 3.8) is 0 Å². The molecule has 0 bridgehead atoms. The molecular weight excluding hydrogens is 437 g/mol. The molecule has 0 saturated heterocycles. The Balaban J connectivity index is 1.48. The second kappa shape index (κ2) is 10.4. The number of halogens is 3. The van der Waals surface area contributed by atoms with Gasteiger partial charge in [-0.2, -0.15) is 13.2 Å². The van der Waals surface area contributed by atoms with Crippen molar-refractivity contribution in [1.29, 1.82) is 0 Å². The highest BCUT2D eigenvalue weighted by molar-refractivity contribution is 6.08. The van der Waals surface area contributed by atoms with Crippen molar-refractivity contribution in [3.05, 3.63) is 89.0 Å². The summed E-state index contributed by atoms with van der Waals surface area (Å²) in [5.41, 5.74) is 4.14. The van der Waals surface area contributed by atoms with Crippen molar-refractivity contribution in [2.45, 2.75) is 45.3 Å². The summed E-state index contributed by atoms with van der Waals surface area (Å²) in [6.45, 7) is 5.28. The number of unbranched alkanes of at least 4 members (excludes halogenated alkanes) is 2. The molecule has 0 radical (unpaired) electrons. The van der Waals surface area contributed by atoms with Gasteiger partial charge in [0.15, 0.2) is 0 Å². The number of alkyl halides is 3. The van der Waals surface area contributed by atoms with Gasteiger partial charge in [-0.1, -0.05) is 56.2 Å². The molecule has 3 nitrogen and oxygen atoms in total. The Morgan fingerprint density at radius 2 is 1.74 bits per heavy atom. The number of hydrogen-bond donors (Lipinski definition) is 1. The van der Waals surface area contributed by atoms with Gasteiger partial charge in [-0.15, -0.1) is 0 Å². The molecule has 1 heterocycles. The minimum atomic E-state index is -4.39. The molecule has 3 aromatic rings. The standard InChI is InChI=1S/C28H29F3N2O/c1-2-3-6-16-33-17-15-21-18-24(14-11-22(21)19-33)32-27(34)26-8-5-4-7-25(26)20-9-12-23(13-10-20)28(29,30)31/h4-5,7-14,18H,2-3,6,15-17,19H2,1H3,(H,32,34). The van der Waals surface area contributed by atoms with Gasteiger partial charge in [0, 0.05) is 24.3 Å². The van der Waals surface area contributed by atoms with E-state index in [0.29, 0.717) is 16.7 Å². The Labute approximate surface area is 198 Å². The maximum Gasteiger partial charge on any atom is 0.416 e. The third kappa shape index (κ3) is 5.68. The van der Waals surface area contributed by atoms with Crippen LogP contribution in [0.4, 0.5) is 18.9 Å². The average Bonchev–Trinajstić information content (AvgIpc) is 2.84. The maximum atomic E-state index is 13.1. The van der Waals surface area contributed by atoms with E-state index in [-0.39, 0.29) is 5.91 Å². The third-order valence-corrected chi connectivity index (χ3v) is 6.33. The van der Waals surface area contributed by atoms with Gasteiger partial charge in [-0.05, 0) is 72.0 Å². The van der Waals surface area contributed by atoms with Crippen LogP contribution in [0.1, 0.15) is 53.2 Å². The number of carbonyl (C=O) groups excluding carboxylic acids is 1. The highest BCUT2D eigenvalue weighted by Crippen LogP contribution is 2.32. The Bertz CT molecular complexity index is 1140. The van der Waals surface area contributed by atoms with Crippen LogP contribution in [0.25, 0.3) is 11.1 Å². The number of rotatable bonds is 7. The summed E-state index contributed by atoms with van der Waals surface area (Å²) in [6.07, 6.45) is 0.248. The molecule has 6 heteroatoms. The number of fused-ring (bicyclic) bond motifs is 1. The number of hydrogen-bond acceptors (Lipinski definition) is 2. The van der Waals surface area contributed by atoms with Crippen LogP contribution in [0, 0.1) is 0 Å².